The van der Waals surface area contributed by atoms with Crippen LogP contribution in [0, 0.1) is 0 Å². The van der Waals surface area contributed by atoms with Crippen molar-refractivity contribution in [2.75, 3.05) is 0 Å². The van der Waals surface area contributed by atoms with Gasteiger partial charge in [-0.3, -0.25) is 4.98 Å². The number of nitrogens with two attached hydrogens (primary N) is 1. The fraction of sp³-hybridized carbons (Fsp3) is 0.100. The fourth-order valence-electron chi connectivity index (χ4n) is 1.25. The zero-order chi connectivity index (χ0) is 10.8. The van der Waals surface area contributed by atoms with Gasteiger partial charge < -0.3 is 5.73 Å². The van der Waals surface area contributed by atoms with Crippen LogP contribution in [0.2, 0.25) is 10.0 Å². The van der Waals surface area contributed by atoms with Gasteiger partial charge in [-0.1, -0.05) is 29.3 Å². The van der Waals surface area contributed by atoms with Gasteiger partial charge in [0.25, 0.3) is 0 Å². The molecule has 0 saturated carbocycles. The van der Waals surface area contributed by atoms with Gasteiger partial charge in [0, 0.05) is 11.1 Å². The summed E-state index contributed by atoms with van der Waals surface area (Å²) in [5.41, 5.74) is 8.74. The molecule has 0 amide bonds. The quantitative estimate of drug-likeness (QED) is 0.896. The van der Waals surface area contributed by atoms with E-state index in [0.717, 1.165) is 10.4 Å². The van der Waals surface area contributed by atoms with Crippen LogP contribution in [0.15, 0.2) is 29.9 Å². The Bertz CT molecular complexity index is 456. The van der Waals surface area contributed by atoms with Crippen molar-refractivity contribution in [1.29, 1.82) is 0 Å². The second-order valence-corrected chi connectivity index (χ2v) is 4.79. The third-order valence-corrected chi connectivity index (χ3v) is 3.66. The van der Waals surface area contributed by atoms with Crippen molar-refractivity contribution >= 4 is 34.5 Å². The maximum atomic E-state index is 6.05. The first kappa shape index (κ1) is 10.9. The largest absolute Gasteiger partial charge is 0.320 e. The molecule has 15 heavy (non-hydrogen) atoms. The predicted molar refractivity (Wildman–Crippen MR) is 64.6 cm³/mol. The third-order valence-electron chi connectivity index (χ3n) is 2.06. The molecular formula is C10H8Cl2N2S. The number of rotatable bonds is 2. The predicted octanol–water partition coefficient (Wildman–Crippen LogP) is 3.50. The summed E-state index contributed by atoms with van der Waals surface area (Å²) in [6, 6.07) is 5.22. The van der Waals surface area contributed by atoms with E-state index >= 15 is 0 Å². The molecule has 1 aromatic heterocycles. The second-order valence-electron chi connectivity index (χ2n) is 3.06. The van der Waals surface area contributed by atoms with E-state index in [1.165, 1.54) is 11.3 Å². The van der Waals surface area contributed by atoms with Gasteiger partial charge in [-0.2, -0.15) is 0 Å². The van der Waals surface area contributed by atoms with Gasteiger partial charge in [0.15, 0.2) is 0 Å². The van der Waals surface area contributed by atoms with E-state index in [2.05, 4.69) is 4.98 Å². The summed E-state index contributed by atoms with van der Waals surface area (Å²) in [4.78, 5) is 5.00. The van der Waals surface area contributed by atoms with E-state index < -0.39 is 0 Å². The molecule has 1 atom stereocenters. The van der Waals surface area contributed by atoms with Crippen molar-refractivity contribution in [3.05, 3.63) is 50.4 Å². The Balaban J connectivity index is 2.34. The number of halogens is 2. The van der Waals surface area contributed by atoms with Gasteiger partial charge in [-0.25, -0.2) is 0 Å². The van der Waals surface area contributed by atoms with E-state index in [0.29, 0.717) is 10.0 Å². The molecule has 2 aromatic rings. The molecule has 0 saturated heterocycles. The van der Waals surface area contributed by atoms with Crippen LogP contribution in [-0.4, -0.2) is 4.98 Å². The Hall–Kier alpha value is -0.610. The zero-order valence-electron chi connectivity index (χ0n) is 7.65. The van der Waals surface area contributed by atoms with E-state index in [-0.39, 0.29) is 6.04 Å². The highest BCUT2D eigenvalue weighted by Gasteiger charge is 2.11. The van der Waals surface area contributed by atoms with Crippen LogP contribution in [0.1, 0.15) is 16.5 Å². The lowest BCUT2D eigenvalue weighted by atomic mass is 10.1. The number of hydrogen-bond acceptors (Lipinski definition) is 3. The first-order valence-electron chi connectivity index (χ1n) is 4.27. The normalized spacial score (nSPS) is 12.7. The van der Waals surface area contributed by atoms with E-state index in [1.807, 2.05) is 6.07 Å². The molecule has 1 unspecified atom stereocenters. The fourth-order valence-corrected chi connectivity index (χ4v) is 2.20. The maximum Gasteiger partial charge on any atom is 0.0794 e. The highest BCUT2D eigenvalue weighted by Crippen LogP contribution is 2.28. The molecule has 2 nitrogen and oxygen atoms in total. The van der Waals surface area contributed by atoms with Crippen molar-refractivity contribution in [2.24, 2.45) is 5.73 Å². The number of benzene rings is 1. The lowest BCUT2D eigenvalue weighted by Crippen LogP contribution is -2.09. The number of hydrogen-bond donors (Lipinski definition) is 1. The van der Waals surface area contributed by atoms with E-state index in [4.69, 9.17) is 28.9 Å². The van der Waals surface area contributed by atoms with Gasteiger partial charge >= 0.3 is 0 Å². The van der Waals surface area contributed by atoms with Crippen molar-refractivity contribution < 1.29 is 0 Å². The Morgan fingerprint density at radius 3 is 2.67 bits per heavy atom. The molecule has 0 spiro atoms. The van der Waals surface area contributed by atoms with Crippen LogP contribution in [0.5, 0.6) is 0 Å². The van der Waals surface area contributed by atoms with Crippen LogP contribution in [-0.2, 0) is 0 Å². The highest BCUT2D eigenvalue weighted by atomic mass is 35.5. The minimum absolute atomic E-state index is 0.188. The molecule has 0 aliphatic carbocycles. The van der Waals surface area contributed by atoms with Crippen LogP contribution >= 0.6 is 34.5 Å². The summed E-state index contributed by atoms with van der Waals surface area (Å²) in [6.07, 6.45) is 1.76. The van der Waals surface area contributed by atoms with Crippen molar-refractivity contribution in [1.82, 2.24) is 4.98 Å². The van der Waals surface area contributed by atoms with Crippen molar-refractivity contribution in [3.8, 4) is 0 Å². The summed E-state index contributed by atoms with van der Waals surface area (Å²) in [5, 5.41) is 1.06. The first-order chi connectivity index (χ1) is 7.18. The van der Waals surface area contributed by atoms with Crippen molar-refractivity contribution in [2.45, 2.75) is 6.04 Å². The van der Waals surface area contributed by atoms with Crippen LogP contribution in [0.25, 0.3) is 0 Å². The maximum absolute atomic E-state index is 6.05. The summed E-state index contributed by atoms with van der Waals surface area (Å²) in [5.74, 6) is 0. The Morgan fingerprint density at radius 1 is 1.27 bits per heavy atom. The Morgan fingerprint density at radius 2 is 2.07 bits per heavy atom. The van der Waals surface area contributed by atoms with Crippen LogP contribution < -0.4 is 5.73 Å². The molecule has 5 heteroatoms. The van der Waals surface area contributed by atoms with Gasteiger partial charge in [-0.15, -0.1) is 11.3 Å². The number of aromatic nitrogens is 1. The minimum Gasteiger partial charge on any atom is -0.320 e. The molecule has 78 valence electrons. The summed E-state index contributed by atoms with van der Waals surface area (Å²) in [7, 11) is 0. The smallest absolute Gasteiger partial charge is 0.0794 e. The zero-order valence-corrected chi connectivity index (χ0v) is 9.98. The molecule has 1 aromatic carbocycles. The summed E-state index contributed by atoms with van der Waals surface area (Å²) < 4.78 is 0. The molecule has 0 aliphatic heterocycles. The van der Waals surface area contributed by atoms with Gasteiger partial charge in [0.2, 0.25) is 0 Å². The SMILES string of the molecule is NC(c1ccc(Cl)c(Cl)c1)c1cncs1. The Labute approximate surface area is 102 Å². The molecule has 0 aliphatic rings. The Kier molecular flexibility index (Phi) is 3.26. The molecule has 2 N–H and O–H groups in total. The van der Waals surface area contributed by atoms with Crippen molar-refractivity contribution in [3.63, 3.8) is 0 Å². The van der Waals surface area contributed by atoms with Gasteiger partial charge in [0.1, 0.15) is 0 Å². The second kappa shape index (κ2) is 4.49. The standard InChI is InChI=1S/C10H8Cl2N2S/c11-7-2-1-6(3-8(7)12)10(13)9-4-14-5-15-9/h1-5,10H,13H2. The van der Waals surface area contributed by atoms with Crippen LogP contribution in [0.4, 0.5) is 0 Å². The molecule has 2 rings (SSSR count). The minimum atomic E-state index is -0.188. The molecule has 0 bridgehead atoms. The summed E-state index contributed by atoms with van der Waals surface area (Å²) >= 11 is 13.3. The molecule has 0 fully saturated rings. The monoisotopic (exact) mass is 258 g/mol. The number of thiazole rings is 1. The van der Waals surface area contributed by atoms with E-state index in [9.17, 15) is 0 Å². The lowest BCUT2D eigenvalue weighted by molar-refractivity contribution is 0.889. The van der Waals surface area contributed by atoms with Crippen LogP contribution in [0.3, 0.4) is 0 Å². The van der Waals surface area contributed by atoms with Gasteiger partial charge in [0.05, 0.1) is 21.6 Å². The first-order valence-corrected chi connectivity index (χ1v) is 5.91. The topological polar surface area (TPSA) is 38.9 Å². The highest BCUT2D eigenvalue weighted by molar-refractivity contribution is 7.09. The molecular weight excluding hydrogens is 251 g/mol. The van der Waals surface area contributed by atoms with E-state index in [1.54, 1.807) is 23.8 Å². The summed E-state index contributed by atoms with van der Waals surface area (Å²) in [6.45, 7) is 0. The average Bonchev–Trinajstić information content (AvgIpc) is 2.74. The molecule has 0 radical (unpaired) electrons. The lowest BCUT2D eigenvalue weighted by Gasteiger charge is -2.10. The van der Waals surface area contributed by atoms with Gasteiger partial charge in [-0.05, 0) is 17.7 Å². The third kappa shape index (κ3) is 2.32. The molecule has 1 heterocycles. The number of nitrogens with zero attached hydrogens (tertiary/aromatic N) is 1. The average molecular weight is 259 g/mol.